The van der Waals surface area contributed by atoms with Crippen LogP contribution in [0.25, 0.3) is 0 Å². The number of Topliss-reactive ketones (excluding diaryl/α,β-unsaturated/α-hetero) is 1. The highest BCUT2D eigenvalue weighted by molar-refractivity contribution is 9.09. The molecule has 0 spiro atoms. The quantitative estimate of drug-likeness (QED) is 0.619. The molecule has 1 aromatic rings. The van der Waals surface area contributed by atoms with E-state index in [1.807, 2.05) is 0 Å². The first-order chi connectivity index (χ1) is 8.51. The summed E-state index contributed by atoms with van der Waals surface area (Å²) in [6, 6.07) is 4.38. The van der Waals surface area contributed by atoms with E-state index in [2.05, 4.69) is 15.9 Å². The van der Waals surface area contributed by atoms with E-state index < -0.39 is 12.1 Å². The highest BCUT2D eigenvalue weighted by Crippen LogP contribution is 2.21. The lowest BCUT2D eigenvalue weighted by atomic mass is 9.98. The molecular formula is C12H12BrClO4. The Balaban J connectivity index is 3.11. The maximum Gasteiger partial charge on any atom is 0.337 e. The summed E-state index contributed by atoms with van der Waals surface area (Å²) in [4.78, 5) is 22.4. The molecule has 0 radical (unpaired) electrons. The van der Waals surface area contributed by atoms with Gasteiger partial charge >= 0.3 is 5.97 Å². The van der Waals surface area contributed by atoms with E-state index >= 15 is 0 Å². The molecule has 1 unspecified atom stereocenters. The van der Waals surface area contributed by atoms with Crippen LogP contribution in [0.15, 0.2) is 18.2 Å². The molecule has 6 heteroatoms. The molecule has 0 aliphatic carbocycles. The molecule has 0 aliphatic rings. The van der Waals surface area contributed by atoms with E-state index in [0.29, 0.717) is 22.9 Å². The summed E-state index contributed by atoms with van der Waals surface area (Å²) < 4.78 is 0. The second kappa shape index (κ2) is 6.87. The summed E-state index contributed by atoms with van der Waals surface area (Å²) in [6.45, 7) is 0. The second-order valence-electron chi connectivity index (χ2n) is 3.65. The minimum absolute atomic E-state index is 0.0705. The maximum atomic E-state index is 11.8. The number of carbonyl (C=O) groups excluding carboxylic acids is 1. The van der Waals surface area contributed by atoms with Crippen LogP contribution in [0.4, 0.5) is 0 Å². The van der Waals surface area contributed by atoms with Crippen molar-refractivity contribution in [1.29, 1.82) is 0 Å². The summed E-state index contributed by atoms with van der Waals surface area (Å²) >= 11 is 8.92. The van der Waals surface area contributed by atoms with Gasteiger partial charge in [0.25, 0.3) is 0 Å². The first kappa shape index (κ1) is 15.1. The largest absolute Gasteiger partial charge is 0.479 e. The number of aliphatic hydroxyl groups is 1. The van der Waals surface area contributed by atoms with Crippen molar-refractivity contribution in [2.24, 2.45) is 0 Å². The molecule has 0 saturated carbocycles. The van der Waals surface area contributed by atoms with Gasteiger partial charge < -0.3 is 10.2 Å². The van der Waals surface area contributed by atoms with Crippen molar-refractivity contribution in [3.63, 3.8) is 0 Å². The topological polar surface area (TPSA) is 74.6 Å². The number of hydrogen-bond acceptors (Lipinski definition) is 3. The third-order valence-electron chi connectivity index (χ3n) is 2.44. The second-order valence-corrected chi connectivity index (χ2v) is 4.71. The Labute approximate surface area is 118 Å². The zero-order valence-corrected chi connectivity index (χ0v) is 11.7. The molecule has 1 atom stereocenters. The van der Waals surface area contributed by atoms with Crippen LogP contribution >= 0.6 is 27.5 Å². The van der Waals surface area contributed by atoms with E-state index in [9.17, 15) is 14.7 Å². The van der Waals surface area contributed by atoms with Crippen LogP contribution in [0, 0.1) is 0 Å². The fraction of sp³-hybridized carbons (Fsp3) is 0.333. The summed E-state index contributed by atoms with van der Waals surface area (Å²) in [5, 5.41) is 18.7. The number of rotatable bonds is 6. The molecule has 0 aromatic heterocycles. The van der Waals surface area contributed by atoms with Gasteiger partial charge in [0, 0.05) is 23.2 Å². The molecule has 0 heterocycles. The Morgan fingerprint density at radius 2 is 2.06 bits per heavy atom. The fourth-order valence-electron chi connectivity index (χ4n) is 1.53. The third-order valence-corrected chi connectivity index (χ3v) is 3.13. The van der Waals surface area contributed by atoms with Crippen molar-refractivity contribution in [1.82, 2.24) is 0 Å². The van der Waals surface area contributed by atoms with Crippen molar-refractivity contribution in [3.8, 4) is 0 Å². The van der Waals surface area contributed by atoms with Gasteiger partial charge in [-0.25, -0.2) is 4.79 Å². The lowest BCUT2D eigenvalue weighted by Crippen LogP contribution is -2.12. The number of benzene rings is 1. The highest BCUT2D eigenvalue weighted by Gasteiger charge is 2.18. The van der Waals surface area contributed by atoms with Crippen molar-refractivity contribution >= 4 is 39.3 Å². The molecule has 0 saturated heterocycles. The molecule has 98 valence electrons. The standard InChI is InChI=1S/C12H12BrClO4/c13-4-3-10(15)9-2-1-7(5-8(9)6-14)11(16)12(17)18/h1-2,5,11,16H,3-4,6H2,(H,17,18). The molecule has 0 bridgehead atoms. The van der Waals surface area contributed by atoms with E-state index in [1.54, 1.807) is 0 Å². The number of carboxylic acids is 1. The van der Waals surface area contributed by atoms with Crippen LogP contribution in [0.1, 0.15) is 34.0 Å². The number of hydrogen-bond donors (Lipinski definition) is 2. The van der Waals surface area contributed by atoms with Crippen LogP contribution in [-0.2, 0) is 10.7 Å². The summed E-state index contributed by atoms with van der Waals surface area (Å²) in [5.74, 6) is -1.32. The zero-order valence-electron chi connectivity index (χ0n) is 9.40. The lowest BCUT2D eigenvalue weighted by Gasteiger charge is -2.10. The zero-order chi connectivity index (χ0) is 13.7. The molecular weight excluding hydrogens is 323 g/mol. The fourth-order valence-corrected chi connectivity index (χ4v) is 2.11. The van der Waals surface area contributed by atoms with Gasteiger partial charge in [0.05, 0.1) is 0 Å². The van der Waals surface area contributed by atoms with Crippen LogP contribution in [0.2, 0.25) is 0 Å². The van der Waals surface area contributed by atoms with Crippen LogP contribution in [0.3, 0.4) is 0 Å². The number of carbonyl (C=O) groups is 2. The highest BCUT2D eigenvalue weighted by atomic mass is 79.9. The molecule has 1 aromatic carbocycles. The average Bonchev–Trinajstić information content (AvgIpc) is 2.37. The Morgan fingerprint density at radius 3 is 2.56 bits per heavy atom. The number of carboxylic acid groups (broad SMARTS) is 1. The molecule has 0 fully saturated rings. The predicted molar refractivity (Wildman–Crippen MR) is 71.3 cm³/mol. The molecule has 1 rings (SSSR count). The monoisotopic (exact) mass is 334 g/mol. The number of aliphatic hydroxyl groups excluding tert-OH is 1. The van der Waals surface area contributed by atoms with Crippen LogP contribution in [0.5, 0.6) is 0 Å². The Bertz CT molecular complexity index is 461. The van der Waals surface area contributed by atoms with Crippen molar-refractivity contribution in [2.75, 3.05) is 5.33 Å². The van der Waals surface area contributed by atoms with E-state index in [0.717, 1.165) is 0 Å². The molecule has 0 aliphatic heterocycles. The number of ketones is 1. The lowest BCUT2D eigenvalue weighted by molar-refractivity contribution is -0.146. The van der Waals surface area contributed by atoms with Gasteiger partial charge in [-0.05, 0) is 11.1 Å². The van der Waals surface area contributed by atoms with Crippen molar-refractivity contribution in [3.05, 3.63) is 34.9 Å². The first-order valence-corrected chi connectivity index (χ1v) is 6.85. The minimum Gasteiger partial charge on any atom is -0.479 e. The van der Waals surface area contributed by atoms with E-state index in [1.165, 1.54) is 18.2 Å². The minimum atomic E-state index is -1.60. The van der Waals surface area contributed by atoms with Crippen molar-refractivity contribution in [2.45, 2.75) is 18.4 Å². The summed E-state index contributed by atoms with van der Waals surface area (Å²) in [6.07, 6.45) is -1.27. The van der Waals surface area contributed by atoms with Gasteiger partial charge in [-0.2, -0.15) is 0 Å². The smallest absolute Gasteiger partial charge is 0.337 e. The Hall–Kier alpha value is -0.910. The Kier molecular flexibility index (Phi) is 5.78. The normalized spacial score (nSPS) is 12.2. The van der Waals surface area contributed by atoms with Gasteiger partial charge in [0.2, 0.25) is 0 Å². The van der Waals surface area contributed by atoms with Gasteiger partial charge in [0.15, 0.2) is 11.9 Å². The van der Waals surface area contributed by atoms with Crippen LogP contribution in [-0.4, -0.2) is 27.3 Å². The average molecular weight is 336 g/mol. The van der Waals surface area contributed by atoms with Gasteiger partial charge in [-0.15, -0.1) is 11.6 Å². The molecule has 2 N–H and O–H groups in total. The van der Waals surface area contributed by atoms with Gasteiger partial charge in [-0.3, -0.25) is 4.79 Å². The van der Waals surface area contributed by atoms with E-state index in [-0.39, 0.29) is 17.2 Å². The van der Waals surface area contributed by atoms with Crippen molar-refractivity contribution < 1.29 is 19.8 Å². The van der Waals surface area contributed by atoms with Crippen LogP contribution < -0.4 is 0 Å². The van der Waals surface area contributed by atoms with E-state index in [4.69, 9.17) is 16.7 Å². The summed E-state index contributed by atoms with van der Waals surface area (Å²) in [5.41, 5.74) is 1.21. The molecule has 18 heavy (non-hydrogen) atoms. The number of aliphatic carboxylic acids is 1. The molecule has 0 amide bonds. The van der Waals surface area contributed by atoms with Gasteiger partial charge in [0.1, 0.15) is 0 Å². The summed E-state index contributed by atoms with van der Waals surface area (Å²) in [7, 11) is 0. The SMILES string of the molecule is O=C(CCBr)c1ccc(C(O)C(=O)O)cc1CCl. The molecule has 4 nitrogen and oxygen atoms in total. The predicted octanol–water partition coefficient (Wildman–Crippen LogP) is 2.51. The number of halogens is 2. The van der Waals surface area contributed by atoms with Gasteiger partial charge in [-0.1, -0.05) is 34.1 Å². The Morgan fingerprint density at radius 1 is 1.39 bits per heavy atom. The maximum absolute atomic E-state index is 11.8. The first-order valence-electron chi connectivity index (χ1n) is 5.20. The third kappa shape index (κ3) is 3.54. The number of alkyl halides is 2.